The van der Waals surface area contributed by atoms with Crippen molar-refractivity contribution >= 4 is 11.6 Å². The Hall–Kier alpha value is -0.640. The Morgan fingerprint density at radius 2 is 2.11 bits per heavy atom. The van der Waals surface area contributed by atoms with Crippen LogP contribution in [-0.4, -0.2) is 34.1 Å². The zero-order valence-corrected chi connectivity index (χ0v) is 11.4. The molecule has 0 unspecified atom stereocenters. The maximum atomic E-state index is 10.9. The smallest absolute Gasteiger partial charge is 0.129 e. The van der Waals surface area contributed by atoms with E-state index >= 15 is 0 Å². The number of rotatable bonds is 1. The lowest BCUT2D eigenvalue weighted by atomic mass is 9.82. The van der Waals surface area contributed by atoms with E-state index in [1.54, 1.807) is 12.3 Å². The van der Waals surface area contributed by atoms with E-state index in [9.17, 15) is 5.11 Å². The van der Waals surface area contributed by atoms with Gasteiger partial charge in [0.05, 0.1) is 5.60 Å². The Morgan fingerprint density at radius 3 is 2.83 bits per heavy atom. The number of hydrogen-bond donors (Lipinski definition) is 1. The van der Waals surface area contributed by atoms with Crippen molar-refractivity contribution in [2.45, 2.75) is 49.8 Å². The molecule has 4 heteroatoms. The Labute approximate surface area is 113 Å². The maximum Gasteiger partial charge on any atom is 0.129 e. The van der Waals surface area contributed by atoms with Crippen molar-refractivity contribution in [2.75, 3.05) is 7.05 Å². The van der Waals surface area contributed by atoms with Crippen molar-refractivity contribution < 1.29 is 5.11 Å². The number of aromatic nitrogens is 1. The molecule has 2 bridgehead atoms. The maximum absolute atomic E-state index is 10.9. The molecule has 0 saturated carbocycles. The van der Waals surface area contributed by atoms with Crippen LogP contribution in [0.1, 0.15) is 37.7 Å². The van der Waals surface area contributed by atoms with Gasteiger partial charge in [-0.2, -0.15) is 0 Å². The summed E-state index contributed by atoms with van der Waals surface area (Å²) in [7, 11) is 2.19. The van der Waals surface area contributed by atoms with E-state index in [0.29, 0.717) is 17.2 Å². The van der Waals surface area contributed by atoms with Crippen LogP contribution in [0.3, 0.4) is 0 Å². The van der Waals surface area contributed by atoms with Crippen molar-refractivity contribution in [1.82, 2.24) is 9.88 Å². The molecule has 1 N–H and O–H groups in total. The highest BCUT2D eigenvalue weighted by atomic mass is 35.5. The molecule has 1 aromatic rings. The highest BCUT2D eigenvalue weighted by Gasteiger charge is 2.42. The molecule has 0 aromatic carbocycles. The predicted octanol–water partition coefficient (Wildman–Crippen LogP) is 2.57. The molecule has 18 heavy (non-hydrogen) atoms. The zero-order chi connectivity index (χ0) is 12.8. The Balaban J connectivity index is 1.88. The van der Waals surface area contributed by atoms with Crippen molar-refractivity contribution in [2.24, 2.45) is 0 Å². The lowest BCUT2D eigenvalue weighted by Crippen LogP contribution is -2.34. The van der Waals surface area contributed by atoms with Gasteiger partial charge in [-0.15, -0.1) is 0 Å². The number of nitrogens with zero attached hydrogens (tertiary/aromatic N) is 2. The minimum absolute atomic E-state index is 0.481. The van der Waals surface area contributed by atoms with Crippen LogP contribution in [0.5, 0.6) is 0 Å². The molecular formula is C14H19ClN2O. The van der Waals surface area contributed by atoms with Gasteiger partial charge in [0, 0.05) is 23.8 Å². The van der Waals surface area contributed by atoms with Crippen LogP contribution in [0.2, 0.25) is 5.15 Å². The number of fused-ring (bicyclic) bond motifs is 2. The van der Waals surface area contributed by atoms with Crippen LogP contribution < -0.4 is 0 Å². The van der Waals surface area contributed by atoms with E-state index < -0.39 is 5.60 Å². The molecule has 0 aliphatic carbocycles. The van der Waals surface area contributed by atoms with Crippen molar-refractivity contribution in [3.8, 4) is 0 Å². The monoisotopic (exact) mass is 266 g/mol. The van der Waals surface area contributed by atoms with Gasteiger partial charge in [0.15, 0.2) is 0 Å². The van der Waals surface area contributed by atoms with Gasteiger partial charge in [-0.25, -0.2) is 4.98 Å². The fourth-order valence-corrected chi connectivity index (χ4v) is 3.61. The van der Waals surface area contributed by atoms with Gasteiger partial charge in [-0.3, -0.25) is 0 Å². The summed E-state index contributed by atoms with van der Waals surface area (Å²) in [4.78, 5) is 6.55. The molecule has 0 radical (unpaired) electrons. The largest absolute Gasteiger partial charge is 0.385 e. The average molecular weight is 267 g/mol. The molecule has 2 saturated heterocycles. The molecular weight excluding hydrogens is 248 g/mol. The van der Waals surface area contributed by atoms with Crippen molar-refractivity contribution in [3.05, 3.63) is 29.0 Å². The first-order valence-corrected chi connectivity index (χ1v) is 7.03. The lowest BCUT2D eigenvalue weighted by molar-refractivity contribution is 0.00883. The summed E-state index contributed by atoms with van der Waals surface area (Å²) in [5.41, 5.74) is 0.180. The van der Waals surface area contributed by atoms with Gasteiger partial charge in [-0.1, -0.05) is 17.7 Å². The van der Waals surface area contributed by atoms with Gasteiger partial charge >= 0.3 is 0 Å². The second-order valence-corrected chi connectivity index (χ2v) is 6.08. The van der Waals surface area contributed by atoms with Crippen molar-refractivity contribution in [3.63, 3.8) is 0 Å². The molecule has 98 valence electrons. The van der Waals surface area contributed by atoms with E-state index in [1.807, 2.05) is 6.07 Å². The van der Waals surface area contributed by atoms with Crippen LogP contribution in [0.25, 0.3) is 0 Å². The second kappa shape index (κ2) is 4.48. The first-order chi connectivity index (χ1) is 8.58. The van der Waals surface area contributed by atoms with Gasteiger partial charge in [-0.05, 0) is 45.2 Å². The summed E-state index contributed by atoms with van der Waals surface area (Å²) in [5, 5.41) is 11.4. The summed E-state index contributed by atoms with van der Waals surface area (Å²) in [6.07, 6.45) is 6.89. The molecule has 3 atom stereocenters. The molecule has 3 nitrogen and oxygen atoms in total. The van der Waals surface area contributed by atoms with Gasteiger partial charge < -0.3 is 10.0 Å². The summed E-state index contributed by atoms with van der Waals surface area (Å²) in [6.45, 7) is 0. The predicted molar refractivity (Wildman–Crippen MR) is 71.6 cm³/mol. The third-order valence-corrected chi connectivity index (χ3v) is 4.94. The number of hydrogen-bond acceptors (Lipinski definition) is 3. The fourth-order valence-electron chi connectivity index (χ4n) is 3.49. The van der Waals surface area contributed by atoms with E-state index in [0.717, 1.165) is 24.8 Å². The third kappa shape index (κ3) is 2.04. The number of aliphatic hydroxyl groups is 1. The SMILES string of the molecule is CN1[C@H]2CC[C@H]1C[C@](O)(c1ccc(Cl)nc1)CC2. The van der Waals surface area contributed by atoms with Gasteiger partial charge in [0.1, 0.15) is 5.15 Å². The quantitative estimate of drug-likeness (QED) is 0.794. The molecule has 3 heterocycles. The summed E-state index contributed by atoms with van der Waals surface area (Å²) in [5.74, 6) is 0. The van der Waals surface area contributed by atoms with E-state index in [-0.39, 0.29) is 0 Å². The van der Waals surface area contributed by atoms with Crippen LogP contribution in [0.4, 0.5) is 0 Å². The second-order valence-electron chi connectivity index (χ2n) is 5.69. The molecule has 2 aliphatic heterocycles. The average Bonchev–Trinajstić information content (AvgIpc) is 2.61. The first kappa shape index (κ1) is 12.4. The Morgan fingerprint density at radius 1 is 1.33 bits per heavy atom. The Bertz CT molecular complexity index is 436. The van der Waals surface area contributed by atoms with E-state index in [1.165, 1.54) is 12.8 Å². The molecule has 2 aliphatic rings. The standard InChI is InChI=1S/C14H19ClN2O/c1-17-11-3-4-12(17)8-14(18,7-6-11)10-2-5-13(15)16-9-10/h2,5,9,11-12,18H,3-4,6-8H2,1H3/t11-,12-,14-/m0/s1. The molecule has 0 spiro atoms. The van der Waals surface area contributed by atoms with Gasteiger partial charge in [0.25, 0.3) is 0 Å². The Kier molecular flexibility index (Phi) is 3.08. The summed E-state index contributed by atoms with van der Waals surface area (Å²) >= 11 is 5.81. The van der Waals surface area contributed by atoms with Crippen LogP contribution in [0, 0.1) is 0 Å². The number of halogens is 1. The summed E-state index contributed by atoms with van der Waals surface area (Å²) in [6, 6.07) is 4.82. The summed E-state index contributed by atoms with van der Waals surface area (Å²) < 4.78 is 0. The van der Waals surface area contributed by atoms with E-state index in [4.69, 9.17) is 11.6 Å². The minimum atomic E-state index is -0.730. The third-order valence-electron chi connectivity index (χ3n) is 4.71. The first-order valence-electron chi connectivity index (χ1n) is 6.65. The zero-order valence-electron chi connectivity index (χ0n) is 10.6. The molecule has 3 rings (SSSR count). The van der Waals surface area contributed by atoms with Crippen molar-refractivity contribution in [1.29, 1.82) is 0 Å². The fraction of sp³-hybridized carbons (Fsp3) is 0.643. The minimum Gasteiger partial charge on any atom is -0.385 e. The normalized spacial score (nSPS) is 36.6. The lowest BCUT2D eigenvalue weighted by Gasteiger charge is -2.30. The molecule has 0 amide bonds. The topological polar surface area (TPSA) is 36.4 Å². The molecule has 2 fully saturated rings. The van der Waals surface area contributed by atoms with Crippen LogP contribution >= 0.6 is 11.6 Å². The highest BCUT2D eigenvalue weighted by molar-refractivity contribution is 6.29. The highest BCUT2D eigenvalue weighted by Crippen LogP contribution is 2.42. The van der Waals surface area contributed by atoms with E-state index in [2.05, 4.69) is 16.9 Å². The van der Waals surface area contributed by atoms with Crippen LogP contribution in [0.15, 0.2) is 18.3 Å². The number of pyridine rings is 1. The van der Waals surface area contributed by atoms with Crippen LogP contribution in [-0.2, 0) is 5.60 Å². The van der Waals surface area contributed by atoms with Gasteiger partial charge in [0.2, 0.25) is 0 Å². The molecule has 1 aromatic heterocycles.